The SMILES string of the molecule is COc1ccc(S(=O)(=O)NCCC(=O)Nc2nc(-c3ccc(C)cc3)cs2)cc1OC. The highest BCUT2D eigenvalue weighted by atomic mass is 32.2. The first kappa shape index (κ1) is 22.7. The number of aryl methyl sites for hydroxylation is 1. The number of amides is 1. The minimum atomic E-state index is -3.80. The molecule has 0 saturated carbocycles. The summed E-state index contributed by atoms with van der Waals surface area (Å²) in [4.78, 5) is 16.6. The number of rotatable bonds is 9. The third kappa shape index (κ3) is 5.81. The Bertz CT molecular complexity index is 1160. The molecule has 164 valence electrons. The van der Waals surface area contributed by atoms with E-state index in [1.807, 2.05) is 36.6 Å². The minimum Gasteiger partial charge on any atom is -0.493 e. The lowest BCUT2D eigenvalue weighted by molar-refractivity contribution is -0.116. The first-order valence-corrected chi connectivity index (χ1v) is 11.7. The largest absolute Gasteiger partial charge is 0.493 e. The van der Waals surface area contributed by atoms with Crippen LogP contribution in [0.1, 0.15) is 12.0 Å². The highest BCUT2D eigenvalue weighted by Crippen LogP contribution is 2.29. The summed E-state index contributed by atoms with van der Waals surface area (Å²) >= 11 is 1.31. The number of methoxy groups -OCH3 is 2. The van der Waals surface area contributed by atoms with Crippen LogP contribution in [-0.2, 0) is 14.8 Å². The van der Waals surface area contributed by atoms with Gasteiger partial charge in [0.15, 0.2) is 16.6 Å². The van der Waals surface area contributed by atoms with E-state index in [0.29, 0.717) is 16.6 Å². The van der Waals surface area contributed by atoms with Crippen LogP contribution < -0.4 is 19.5 Å². The molecule has 0 aliphatic rings. The number of hydrogen-bond acceptors (Lipinski definition) is 7. The van der Waals surface area contributed by atoms with E-state index in [4.69, 9.17) is 9.47 Å². The average molecular weight is 462 g/mol. The monoisotopic (exact) mass is 461 g/mol. The third-order valence-electron chi connectivity index (χ3n) is 4.41. The summed E-state index contributed by atoms with van der Waals surface area (Å²) in [6, 6.07) is 12.2. The molecule has 3 aromatic rings. The van der Waals surface area contributed by atoms with E-state index in [-0.39, 0.29) is 23.8 Å². The Kier molecular flexibility index (Phi) is 7.26. The van der Waals surface area contributed by atoms with E-state index in [2.05, 4.69) is 15.0 Å². The van der Waals surface area contributed by atoms with Gasteiger partial charge in [0.05, 0.1) is 24.8 Å². The lowest BCUT2D eigenvalue weighted by atomic mass is 10.1. The molecule has 0 bridgehead atoms. The molecule has 1 aromatic heterocycles. The second-order valence-electron chi connectivity index (χ2n) is 6.62. The number of nitrogens with one attached hydrogen (secondary N) is 2. The summed E-state index contributed by atoms with van der Waals surface area (Å²) in [7, 11) is -0.908. The highest BCUT2D eigenvalue weighted by Gasteiger charge is 2.17. The van der Waals surface area contributed by atoms with E-state index < -0.39 is 10.0 Å². The Balaban J connectivity index is 1.55. The molecule has 0 saturated heterocycles. The predicted octanol–water partition coefficient (Wildman–Crippen LogP) is 3.44. The first-order valence-electron chi connectivity index (χ1n) is 9.36. The number of carbonyl (C=O) groups excluding carboxylic acids is 1. The average Bonchev–Trinajstić information content (AvgIpc) is 3.21. The topological polar surface area (TPSA) is 107 Å². The molecule has 3 rings (SSSR count). The maximum absolute atomic E-state index is 12.5. The number of aromatic nitrogens is 1. The van der Waals surface area contributed by atoms with E-state index in [0.717, 1.165) is 16.8 Å². The quantitative estimate of drug-likeness (QED) is 0.506. The van der Waals surface area contributed by atoms with Crippen LogP contribution >= 0.6 is 11.3 Å². The second-order valence-corrected chi connectivity index (χ2v) is 9.24. The Morgan fingerprint density at radius 3 is 2.45 bits per heavy atom. The second kappa shape index (κ2) is 9.90. The Hall–Kier alpha value is -2.95. The van der Waals surface area contributed by atoms with Crippen LogP contribution in [-0.4, -0.2) is 40.1 Å². The number of sulfonamides is 1. The van der Waals surface area contributed by atoms with Gasteiger partial charge in [-0.3, -0.25) is 4.79 Å². The van der Waals surface area contributed by atoms with Gasteiger partial charge in [-0.1, -0.05) is 29.8 Å². The smallest absolute Gasteiger partial charge is 0.240 e. The van der Waals surface area contributed by atoms with Crippen LogP contribution in [0.2, 0.25) is 0 Å². The van der Waals surface area contributed by atoms with Crippen molar-refractivity contribution in [2.75, 3.05) is 26.1 Å². The van der Waals surface area contributed by atoms with E-state index in [9.17, 15) is 13.2 Å². The molecule has 2 N–H and O–H groups in total. The standard InChI is InChI=1S/C21H23N3O5S2/c1-14-4-6-15(7-5-14)17-13-30-21(23-17)24-20(25)10-11-22-31(26,27)16-8-9-18(28-2)19(12-16)29-3/h4-9,12-13,22H,10-11H2,1-3H3,(H,23,24,25). The lowest BCUT2D eigenvalue weighted by Gasteiger charge is -2.11. The normalized spacial score (nSPS) is 11.2. The Morgan fingerprint density at radius 2 is 1.77 bits per heavy atom. The molecular weight excluding hydrogens is 438 g/mol. The fourth-order valence-electron chi connectivity index (χ4n) is 2.74. The van der Waals surface area contributed by atoms with Crippen molar-refractivity contribution in [1.29, 1.82) is 0 Å². The van der Waals surface area contributed by atoms with Crippen molar-refractivity contribution in [3.63, 3.8) is 0 Å². The van der Waals surface area contributed by atoms with Gasteiger partial charge in [-0.2, -0.15) is 0 Å². The number of nitrogens with zero attached hydrogens (tertiary/aromatic N) is 1. The zero-order valence-corrected chi connectivity index (χ0v) is 19.0. The van der Waals surface area contributed by atoms with Gasteiger partial charge in [-0.05, 0) is 19.1 Å². The van der Waals surface area contributed by atoms with Gasteiger partial charge in [-0.25, -0.2) is 18.1 Å². The van der Waals surface area contributed by atoms with Gasteiger partial charge < -0.3 is 14.8 Å². The van der Waals surface area contributed by atoms with Crippen molar-refractivity contribution in [2.45, 2.75) is 18.2 Å². The summed E-state index contributed by atoms with van der Waals surface area (Å²) in [5.74, 6) is 0.394. The van der Waals surface area contributed by atoms with Gasteiger partial charge in [0, 0.05) is 30.0 Å². The van der Waals surface area contributed by atoms with E-state index in [1.54, 1.807) is 0 Å². The van der Waals surface area contributed by atoms with Crippen LogP contribution in [0.5, 0.6) is 11.5 Å². The molecule has 0 fully saturated rings. The minimum absolute atomic E-state index is 0.0215. The van der Waals surface area contributed by atoms with Gasteiger partial charge in [0.25, 0.3) is 0 Å². The molecule has 1 amide bonds. The Morgan fingerprint density at radius 1 is 1.06 bits per heavy atom. The molecule has 0 spiro atoms. The van der Waals surface area contributed by atoms with E-state index in [1.165, 1.54) is 43.8 Å². The molecule has 8 nitrogen and oxygen atoms in total. The summed E-state index contributed by atoms with van der Waals surface area (Å²) in [6.07, 6.45) is -0.0357. The Labute approximate surface area is 185 Å². The zero-order valence-electron chi connectivity index (χ0n) is 17.3. The molecular formula is C21H23N3O5S2. The molecule has 2 aromatic carbocycles. The van der Waals surface area contributed by atoms with Crippen molar-refractivity contribution in [3.05, 3.63) is 53.4 Å². The molecule has 10 heteroatoms. The first-order chi connectivity index (χ1) is 14.8. The van der Waals surface area contributed by atoms with Crippen molar-refractivity contribution in [3.8, 4) is 22.8 Å². The maximum Gasteiger partial charge on any atom is 0.240 e. The summed E-state index contributed by atoms with van der Waals surface area (Å²) in [6.45, 7) is 1.95. The van der Waals surface area contributed by atoms with Crippen LogP contribution in [0, 0.1) is 6.92 Å². The highest BCUT2D eigenvalue weighted by molar-refractivity contribution is 7.89. The van der Waals surface area contributed by atoms with Gasteiger partial charge in [-0.15, -0.1) is 11.3 Å². The lowest BCUT2D eigenvalue weighted by Crippen LogP contribution is -2.27. The number of thiazole rings is 1. The maximum atomic E-state index is 12.5. The van der Waals surface area contributed by atoms with E-state index >= 15 is 0 Å². The van der Waals surface area contributed by atoms with Crippen molar-refractivity contribution in [1.82, 2.24) is 9.71 Å². The molecule has 0 radical (unpaired) electrons. The number of ether oxygens (including phenoxy) is 2. The van der Waals surface area contributed by atoms with Crippen molar-refractivity contribution < 1.29 is 22.7 Å². The molecule has 0 unspecified atom stereocenters. The van der Waals surface area contributed by atoms with Gasteiger partial charge in [0.2, 0.25) is 15.9 Å². The van der Waals surface area contributed by atoms with Gasteiger partial charge in [0.1, 0.15) is 0 Å². The molecule has 1 heterocycles. The number of carbonyl (C=O) groups is 1. The number of anilines is 1. The summed E-state index contributed by atoms with van der Waals surface area (Å²) in [5, 5.41) is 5.02. The third-order valence-corrected chi connectivity index (χ3v) is 6.62. The molecule has 0 atom stereocenters. The van der Waals surface area contributed by atoms with Crippen LogP contribution in [0.4, 0.5) is 5.13 Å². The zero-order chi connectivity index (χ0) is 22.4. The summed E-state index contributed by atoms with van der Waals surface area (Å²) in [5.41, 5.74) is 2.89. The van der Waals surface area contributed by atoms with Crippen LogP contribution in [0.25, 0.3) is 11.3 Å². The molecule has 0 aliphatic heterocycles. The fraction of sp³-hybridized carbons (Fsp3) is 0.238. The van der Waals surface area contributed by atoms with Gasteiger partial charge >= 0.3 is 0 Å². The van der Waals surface area contributed by atoms with Crippen LogP contribution in [0.3, 0.4) is 0 Å². The number of hydrogen-bond donors (Lipinski definition) is 2. The van der Waals surface area contributed by atoms with Crippen molar-refractivity contribution >= 4 is 32.4 Å². The predicted molar refractivity (Wildman–Crippen MR) is 120 cm³/mol. The van der Waals surface area contributed by atoms with Crippen molar-refractivity contribution in [2.24, 2.45) is 0 Å². The summed E-state index contributed by atoms with van der Waals surface area (Å²) < 4.78 is 37.6. The molecule has 31 heavy (non-hydrogen) atoms. The van der Waals surface area contributed by atoms with Crippen LogP contribution in [0.15, 0.2) is 52.7 Å². The molecule has 0 aliphatic carbocycles. The number of benzene rings is 2. The fourth-order valence-corrected chi connectivity index (χ4v) is 4.52.